The Bertz CT molecular complexity index is 325. The maximum Gasteiger partial charge on any atom is 0.315 e. The van der Waals surface area contributed by atoms with E-state index in [1.807, 2.05) is 6.92 Å². The summed E-state index contributed by atoms with van der Waals surface area (Å²) in [5.74, 6) is -0.0511. The third kappa shape index (κ3) is 7.34. The van der Waals surface area contributed by atoms with Crippen molar-refractivity contribution in [3.05, 3.63) is 0 Å². The molecule has 2 amide bonds. The average molecular weight is 298 g/mol. The lowest BCUT2D eigenvalue weighted by Crippen LogP contribution is -2.47. The predicted octanol–water partition coefficient (Wildman–Crippen LogP) is 3.29. The second-order valence-electron chi connectivity index (χ2n) is 6.21. The van der Waals surface area contributed by atoms with Gasteiger partial charge in [0.15, 0.2) is 0 Å². The van der Waals surface area contributed by atoms with Crippen molar-refractivity contribution in [2.75, 3.05) is 0 Å². The number of carboxylic acid groups (broad SMARTS) is 1. The van der Waals surface area contributed by atoms with Crippen LogP contribution in [0.2, 0.25) is 0 Å². The van der Waals surface area contributed by atoms with E-state index in [1.165, 1.54) is 25.7 Å². The van der Waals surface area contributed by atoms with Crippen LogP contribution in [0.1, 0.15) is 71.6 Å². The largest absolute Gasteiger partial charge is 0.481 e. The molecule has 1 aliphatic carbocycles. The Morgan fingerprint density at radius 2 is 1.81 bits per heavy atom. The molecule has 1 fully saturated rings. The van der Waals surface area contributed by atoms with E-state index in [0.29, 0.717) is 6.42 Å². The molecule has 0 aliphatic heterocycles. The summed E-state index contributed by atoms with van der Waals surface area (Å²) in [7, 11) is 0. The zero-order valence-corrected chi connectivity index (χ0v) is 13.4. The molecule has 0 bridgehead atoms. The van der Waals surface area contributed by atoms with Gasteiger partial charge in [0.25, 0.3) is 0 Å². The fourth-order valence-electron chi connectivity index (χ4n) is 3.20. The first-order valence-electron chi connectivity index (χ1n) is 8.33. The topological polar surface area (TPSA) is 78.4 Å². The van der Waals surface area contributed by atoms with Gasteiger partial charge in [0, 0.05) is 12.1 Å². The molecule has 0 saturated heterocycles. The molecule has 5 nitrogen and oxygen atoms in total. The quantitative estimate of drug-likeness (QED) is 0.643. The summed E-state index contributed by atoms with van der Waals surface area (Å²) in [5.41, 5.74) is 0. The van der Waals surface area contributed by atoms with Gasteiger partial charge in [-0.3, -0.25) is 4.79 Å². The van der Waals surface area contributed by atoms with Crippen LogP contribution in [0.25, 0.3) is 0 Å². The highest BCUT2D eigenvalue weighted by molar-refractivity contribution is 5.76. The van der Waals surface area contributed by atoms with Gasteiger partial charge in [-0.2, -0.15) is 0 Å². The van der Waals surface area contributed by atoms with Crippen LogP contribution >= 0.6 is 0 Å². The van der Waals surface area contributed by atoms with Crippen LogP contribution in [0, 0.1) is 5.92 Å². The summed E-state index contributed by atoms with van der Waals surface area (Å²) in [5, 5.41) is 14.7. The predicted molar refractivity (Wildman–Crippen MR) is 83.3 cm³/mol. The molecule has 0 aromatic rings. The van der Waals surface area contributed by atoms with Crippen LogP contribution < -0.4 is 10.6 Å². The maximum absolute atomic E-state index is 12.0. The van der Waals surface area contributed by atoms with Crippen molar-refractivity contribution in [1.29, 1.82) is 0 Å². The van der Waals surface area contributed by atoms with Gasteiger partial charge < -0.3 is 15.7 Å². The first-order valence-corrected chi connectivity index (χ1v) is 8.33. The summed E-state index contributed by atoms with van der Waals surface area (Å²) >= 11 is 0. The van der Waals surface area contributed by atoms with Gasteiger partial charge >= 0.3 is 12.0 Å². The monoisotopic (exact) mass is 298 g/mol. The minimum Gasteiger partial charge on any atom is -0.481 e. The van der Waals surface area contributed by atoms with Gasteiger partial charge in [-0.1, -0.05) is 33.1 Å². The molecule has 0 spiro atoms. The molecule has 1 atom stereocenters. The van der Waals surface area contributed by atoms with E-state index in [1.54, 1.807) is 0 Å². The SMILES string of the molecule is CCCC1CCC(NC(=O)NC(CCC)CC(=O)O)CC1. The standard InChI is InChI=1S/C16H30N2O3/c1-3-5-12-7-9-13(10-8-12)17-16(21)18-14(6-4-2)11-15(19)20/h12-14H,3-11H2,1-2H3,(H,19,20)(H2,17,18,21). The number of rotatable bonds is 8. The number of carboxylic acids is 1. The Kier molecular flexibility index (Phi) is 8.16. The van der Waals surface area contributed by atoms with Crippen molar-refractivity contribution < 1.29 is 14.7 Å². The molecular weight excluding hydrogens is 268 g/mol. The smallest absolute Gasteiger partial charge is 0.315 e. The van der Waals surface area contributed by atoms with E-state index in [0.717, 1.165) is 25.2 Å². The van der Waals surface area contributed by atoms with E-state index in [9.17, 15) is 9.59 Å². The third-order valence-corrected chi connectivity index (χ3v) is 4.27. The zero-order valence-electron chi connectivity index (χ0n) is 13.4. The highest BCUT2D eigenvalue weighted by atomic mass is 16.4. The fraction of sp³-hybridized carbons (Fsp3) is 0.875. The van der Waals surface area contributed by atoms with Crippen LogP contribution in [-0.2, 0) is 4.79 Å². The zero-order chi connectivity index (χ0) is 15.7. The summed E-state index contributed by atoms with van der Waals surface area (Å²) < 4.78 is 0. The molecule has 0 heterocycles. The number of hydrogen-bond donors (Lipinski definition) is 3. The summed E-state index contributed by atoms with van der Waals surface area (Å²) in [6, 6.07) is -0.247. The molecule has 1 rings (SSSR count). The number of urea groups is 1. The second kappa shape index (κ2) is 9.64. The Morgan fingerprint density at radius 1 is 1.14 bits per heavy atom. The van der Waals surface area contributed by atoms with Crippen molar-refractivity contribution in [3.63, 3.8) is 0 Å². The molecule has 0 aromatic heterocycles. The molecule has 21 heavy (non-hydrogen) atoms. The van der Waals surface area contributed by atoms with Crippen molar-refractivity contribution in [1.82, 2.24) is 10.6 Å². The second-order valence-corrected chi connectivity index (χ2v) is 6.21. The highest BCUT2D eigenvalue weighted by Gasteiger charge is 2.23. The summed E-state index contributed by atoms with van der Waals surface area (Å²) in [6.45, 7) is 4.21. The Balaban J connectivity index is 2.30. The lowest BCUT2D eigenvalue weighted by Gasteiger charge is -2.29. The van der Waals surface area contributed by atoms with Crippen LogP contribution in [0.3, 0.4) is 0 Å². The van der Waals surface area contributed by atoms with E-state index < -0.39 is 5.97 Å². The molecule has 1 saturated carbocycles. The first kappa shape index (κ1) is 17.8. The molecule has 3 N–H and O–H groups in total. The minimum absolute atomic E-state index is 0.00942. The van der Waals surface area contributed by atoms with Gasteiger partial charge in [-0.05, 0) is 38.0 Å². The lowest BCUT2D eigenvalue weighted by molar-refractivity contribution is -0.137. The van der Waals surface area contributed by atoms with Gasteiger partial charge in [-0.15, -0.1) is 0 Å². The lowest BCUT2D eigenvalue weighted by atomic mass is 9.83. The molecule has 0 radical (unpaired) electrons. The van der Waals surface area contributed by atoms with Crippen LogP contribution in [0.5, 0.6) is 0 Å². The van der Waals surface area contributed by atoms with Crippen molar-refractivity contribution in [2.45, 2.75) is 83.7 Å². The molecule has 1 aliphatic rings. The van der Waals surface area contributed by atoms with Gasteiger partial charge in [0.1, 0.15) is 0 Å². The molecular formula is C16H30N2O3. The average Bonchev–Trinajstić information content (AvgIpc) is 2.40. The summed E-state index contributed by atoms with van der Waals surface area (Å²) in [6.07, 6.45) is 8.52. The van der Waals surface area contributed by atoms with E-state index >= 15 is 0 Å². The van der Waals surface area contributed by atoms with Gasteiger partial charge in [0.05, 0.1) is 6.42 Å². The van der Waals surface area contributed by atoms with Crippen LogP contribution in [0.15, 0.2) is 0 Å². The molecule has 0 aromatic carbocycles. The van der Waals surface area contributed by atoms with Crippen molar-refractivity contribution in [2.24, 2.45) is 5.92 Å². The first-order chi connectivity index (χ1) is 10.0. The van der Waals surface area contributed by atoms with E-state index in [-0.39, 0.29) is 24.5 Å². The number of carbonyl (C=O) groups excluding carboxylic acids is 1. The van der Waals surface area contributed by atoms with Gasteiger partial charge in [0.2, 0.25) is 0 Å². The molecule has 5 heteroatoms. The Morgan fingerprint density at radius 3 is 2.33 bits per heavy atom. The molecule has 1 unspecified atom stereocenters. The minimum atomic E-state index is -0.867. The number of hydrogen-bond acceptors (Lipinski definition) is 2. The Hall–Kier alpha value is -1.26. The van der Waals surface area contributed by atoms with Crippen LogP contribution in [-0.4, -0.2) is 29.2 Å². The normalized spacial score (nSPS) is 23.3. The summed E-state index contributed by atoms with van der Waals surface area (Å²) in [4.78, 5) is 22.8. The van der Waals surface area contributed by atoms with Gasteiger partial charge in [-0.25, -0.2) is 4.79 Å². The maximum atomic E-state index is 12.0. The van der Waals surface area contributed by atoms with Crippen molar-refractivity contribution >= 4 is 12.0 Å². The van der Waals surface area contributed by atoms with E-state index in [4.69, 9.17) is 5.11 Å². The number of carbonyl (C=O) groups is 2. The van der Waals surface area contributed by atoms with Crippen molar-refractivity contribution in [3.8, 4) is 0 Å². The fourth-order valence-corrected chi connectivity index (χ4v) is 3.20. The number of nitrogens with one attached hydrogen (secondary N) is 2. The number of amides is 2. The third-order valence-electron chi connectivity index (χ3n) is 4.27. The van der Waals surface area contributed by atoms with Crippen LogP contribution in [0.4, 0.5) is 4.79 Å². The Labute approximate surface area is 127 Å². The molecule has 122 valence electrons. The number of aliphatic carboxylic acids is 1. The van der Waals surface area contributed by atoms with E-state index in [2.05, 4.69) is 17.6 Å². The highest BCUT2D eigenvalue weighted by Crippen LogP contribution is 2.27.